The predicted molar refractivity (Wildman–Crippen MR) is 78.8 cm³/mol. The monoisotopic (exact) mass is 265 g/mol. The Hall–Kier alpha value is -2.60. The van der Waals surface area contributed by atoms with E-state index in [4.69, 9.17) is 10.00 Å². The molecule has 20 heavy (non-hydrogen) atoms. The van der Waals surface area contributed by atoms with E-state index in [-0.39, 0.29) is 12.2 Å². The normalized spacial score (nSPS) is 11.7. The van der Waals surface area contributed by atoms with E-state index >= 15 is 0 Å². The lowest BCUT2D eigenvalue weighted by atomic mass is 9.99. The summed E-state index contributed by atoms with van der Waals surface area (Å²) in [6.45, 7) is 3.74. The minimum absolute atomic E-state index is 0.0575. The largest absolute Gasteiger partial charge is 0.462 e. The van der Waals surface area contributed by atoms with Crippen molar-refractivity contribution in [3.8, 4) is 6.07 Å². The van der Waals surface area contributed by atoms with Gasteiger partial charge in [-0.25, -0.2) is 4.79 Å². The zero-order chi connectivity index (χ0) is 14.5. The van der Waals surface area contributed by atoms with Crippen molar-refractivity contribution in [2.45, 2.75) is 13.8 Å². The van der Waals surface area contributed by atoms with Crippen LogP contribution in [0.4, 0.5) is 0 Å². The number of nitrogens with zero attached hydrogens (tertiary/aromatic N) is 1. The number of hydrogen-bond acceptors (Lipinski definition) is 3. The van der Waals surface area contributed by atoms with Crippen LogP contribution in [-0.2, 0) is 9.53 Å². The number of nitriles is 1. The van der Waals surface area contributed by atoms with E-state index in [1.165, 1.54) is 0 Å². The van der Waals surface area contributed by atoms with Gasteiger partial charge in [-0.2, -0.15) is 5.26 Å². The Bertz CT molecular complexity index is 723. The highest BCUT2D eigenvalue weighted by Crippen LogP contribution is 2.23. The lowest BCUT2D eigenvalue weighted by Gasteiger charge is -2.07. The Morgan fingerprint density at radius 3 is 2.55 bits per heavy atom. The van der Waals surface area contributed by atoms with Crippen LogP contribution in [0.2, 0.25) is 0 Å². The Labute approximate surface area is 118 Å². The molecule has 0 atom stereocenters. The molecule has 0 unspecified atom stereocenters. The second kappa shape index (κ2) is 6.03. The van der Waals surface area contributed by atoms with Gasteiger partial charge in [0.15, 0.2) is 0 Å². The van der Waals surface area contributed by atoms with Crippen LogP contribution in [-0.4, -0.2) is 12.6 Å². The van der Waals surface area contributed by atoms with Gasteiger partial charge in [-0.15, -0.1) is 0 Å². The van der Waals surface area contributed by atoms with Crippen molar-refractivity contribution in [3.63, 3.8) is 0 Å². The molecule has 0 saturated heterocycles. The van der Waals surface area contributed by atoms with E-state index in [0.29, 0.717) is 5.57 Å². The lowest BCUT2D eigenvalue weighted by Crippen LogP contribution is -2.08. The Kier molecular flexibility index (Phi) is 4.17. The van der Waals surface area contributed by atoms with Crippen LogP contribution < -0.4 is 0 Å². The topological polar surface area (TPSA) is 50.1 Å². The lowest BCUT2D eigenvalue weighted by molar-refractivity contribution is -0.137. The average molecular weight is 265 g/mol. The fourth-order valence-corrected chi connectivity index (χ4v) is 2.05. The Balaban J connectivity index is 2.51. The highest BCUT2D eigenvalue weighted by Gasteiger charge is 2.14. The molecule has 0 aliphatic carbocycles. The van der Waals surface area contributed by atoms with Crippen LogP contribution in [0.1, 0.15) is 19.4 Å². The summed E-state index contributed by atoms with van der Waals surface area (Å²) in [4.78, 5) is 11.8. The fourth-order valence-electron chi connectivity index (χ4n) is 2.05. The number of ether oxygens (including phenoxy) is 1. The van der Waals surface area contributed by atoms with Crippen molar-refractivity contribution in [1.82, 2.24) is 0 Å². The molecule has 0 amide bonds. The third kappa shape index (κ3) is 2.70. The van der Waals surface area contributed by atoms with E-state index in [1.807, 2.05) is 48.5 Å². The maximum atomic E-state index is 11.8. The molecule has 0 aliphatic rings. The number of hydrogen-bond donors (Lipinski definition) is 0. The summed E-state index contributed by atoms with van der Waals surface area (Å²) in [6.07, 6.45) is 0. The molecule has 0 bridgehead atoms. The third-order valence-electron chi connectivity index (χ3n) is 3.15. The number of esters is 1. The second-order valence-electron chi connectivity index (χ2n) is 4.39. The van der Waals surface area contributed by atoms with Gasteiger partial charge < -0.3 is 4.74 Å². The molecule has 0 N–H and O–H groups in total. The van der Waals surface area contributed by atoms with E-state index in [0.717, 1.165) is 16.3 Å². The van der Waals surface area contributed by atoms with Gasteiger partial charge in [0.25, 0.3) is 0 Å². The number of carbonyl (C=O) groups is 1. The summed E-state index contributed by atoms with van der Waals surface area (Å²) in [5.74, 6) is -0.569. The maximum Gasteiger partial charge on any atom is 0.349 e. The van der Waals surface area contributed by atoms with Crippen LogP contribution in [0.3, 0.4) is 0 Å². The minimum atomic E-state index is -0.569. The molecule has 0 spiro atoms. The molecular weight excluding hydrogens is 250 g/mol. The highest BCUT2D eigenvalue weighted by atomic mass is 16.5. The van der Waals surface area contributed by atoms with Crippen molar-refractivity contribution in [2.75, 3.05) is 6.61 Å². The summed E-state index contributed by atoms with van der Waals surface area (Å²) in [6, 6.07) is 15.8. The molecule has 3 heteroatoms. The molecule has 100 valence electrons. The Morgan fingerprint density at radius 1 is 1.20 bits per heavy atom. The maximum absolute atomic E-state index is 11.8. The molecule has 0 aliphatic heterocycles. The third-order valence-corrected chi connectivity index (χ3v) is 3.15. The van der Waals surface area contributed by atoms with E-state index in [2.05, 4.69) is 0 Å². The number of carbonyl (C=O) groups excluding carboxylic acids is 1. The minimum Gasteiger partial charge on any atom is -0.462 e. The van der Waals surface area contributed by atoms with Gasteiger partial charge in [-0.3, -0.25) is 0 Å². The van der Waals surface area contributed by atoms with Gasteiger partial charge in [0.05, 0.1) is 6.61 Å². The van der Waals surface area contributed by atoms with Crippen molar-refractivity contribution >= 4 is 22.3 Å². The van der Waals surface area contributed by atoms with Gasteiger partial charge >= 0.3 is 5.97 Å². The highest BCUT2D eigenvalue weighted by molar-refractivity contribution is 6.02. The molecule has 3 nitrogen and oxygen atoms in total. The number of benzene rings is 2. The van der Waals surface area contributed by atoms with Gasteiger partial charge in [-0.05, 0) is 41.8 Å². The average Bonchev–Trinajstić information content (AvgIpc) is 2.47. The predicted octanol–water partition coefficient (Wildman–Crippen LogP) is 3.70. The van der Waals surface area contributed by atoms with Crippen LogP contribution >= 0.6 is 0 Å². The SMILES string of the molecule is CCOC(=O)C(C#N)=C(C)c1ccc2ccccc2c1. The van der Waals surface area contributed by atoms with E-state index < -0.39 is 5.97 Å². The zero-order valence-electron chi connectivity index (χ0n) is 11.5. The molecular formula is C17H15NO2. The zero-order valence-corrected chi connectivity index (χ0v) is 11.5. The summed E-state index contributed by atoms with van der Waals surface area (Å²) in [7, 11) is 0. The van der Waals surface area contributed by atoms with Crippen molar-refractivity contribution in [1.29, 1.82) is 5.26 Å². The van der Waals surface area contributed by atoms with Crippen LogP contribution in [0.25, 0.3) is 16.3 Å². The number of fused-ring (bicyclic) bond motifs is 1. The smallest absolute Gasteiger partial charge is 0.349 e. The summed E-state index contributed by atoms with van der Waals surface area (Å²) >= 11 is 0. The first-order valence-electron chi connectivity index (χ1n) is 6.44. The quantitative estimate of drug-likeness (QED) is 0.483. The second-order valence-corrected chi connectivity index (χ2v) is 4.39. The summed E-state index contributed by atoms with van der Waals surface area (Å²) in [5.41, 5.74) is 1.55. The standard InChI is InChI=1S/C17H15NO2/c1-3-20-17(19)16(11-18)12(2)14-9-8-13-6-4-5-7-15(13)10-14/h4-10H,3H2,1-2H3. The van der Waals surface area contributed by atoms with Gasteiger partial charge in [0.1, 0.15) is 11.6 Å². The van der Waals surface area contributed by atoms with Crippen LogP contribution in [0.15, 0.2) is 48.0 Å². The van der Waals surface area contributed by atoms with E-state index in [1.54, 1.807) is 13.8 Å². The van der Waals surface area contributed by atoms with Crippen molar-refractivity contribution < 1.29 is 9.53 Å². The molecule has 0 fully saturated rings. The van der Waals surface area contributed by atoms with Gasteiger partial charge in [-0.1, -0.05) is 36.4 Å². The molecule has 0 heterocycles. The molecule has 2 aromatic rings. The molecule has 2 rings (SSSR count). The van der Waals surface area contributed by atoms with Gasteiger partial charge in [0, 0.05) is 0 Å². The van der Waals surface area contributed by atoms with Gasteiger partial charge in [0.2, 0.25) is 0 Å². The molecule has 2 aromatic carbocycles. The van der Waals surface area contributed by atoms with Crippen LogP contribution in [0.5, 0.6) is 0 Å². The van der Waals surface area contributed by atoms with E-state index in [9.17, 15) is 4.79 Å². The van der Waals surface area contributed by atoms with Crippen molar-refractivity contribution in [2.24, 2.45) is 0 Å². The first kappa shape index (κ1) is 13.8. The Morgan fingerprint density at radius 2 is 1.90 bits per heavy atom. The summed E-state index contributed by atoms with van der Waals surface area (Å²) < 4.78 is 4.91. The number of allylic oxidation sites excluding steroid dienone is 1. The van der Waals surface area contributed by atoms with Crippen molar-refractivity contribution in [3.05, 3.63) is 53.6 Å². The molecule has 0 saturated carbocycles. The first-order valence-corrected chi connectivity index (χ1v) is 6.44. The first-order chi connectivity index (χ1) is 9.67. The molecule has 0 radical (unpaired) electrons. The van der Waals surface area contributed by atoms with Crippen LogP contribution in [0, 0.1) is 11.3 Å². The number of rotatable bonds is 3. The fraction of sp³-hybridized carbons (Fsp3) is 0.176. The molecule has 0 aromatic heterocycles. The summed E-state index contributed by atoms with van der Waals surface area (Å²) in [5, 5.41) is 11.4.